The second-order valence-electron chi connectivity index (χ2n) is 5.99. The van der Waals surface area contributed by atoms with Crippen LogP contribution in [0.5, 0.6) is 5.75 Å². The number of aryl methyl sites for hydroxylation is 1. The molecule has 0 fully saturated rings. The Bertz CT molecular complexity index is 562. The number of rotatable bonds is 2. The maximum absolute atomic E-state index is 5.59. The molecule has 0 aliphatic rings. The van der Waals surface area contributed by atoms with Gasteiger partial charge in [-0.1, -0.05) is 51.1 Å². The largest absolute Gasteiger partial charge is 0.496 e. The van der Waals surface area contributed by atoms with Crippen molar-refractivity contribution in [2.75, 3.05) is 7.11 Å². The van der Waals surface area contributed by atoms with Gasteiger partial charge in [0.05, 0.1) is 7.11 Å². The van der Waals surface area contributed by atoms with Crippen LogP contribution in [0.2, 0.25) is 0 Å². The summed E-state index contributed by atoms with van der Waals surface area (Å²) in [6.07, 6.45) is 0. The fourth-order valence-electron chi connectivity index (χ4n) is 2.40. The first kappa shape index (κ1) is 13.7. The first-order chi connectivity index (χ1) is 8.93. The van der Waals surface area contributed by atoms with E-state index in [1.54, 1.807) is 7.11 Å². The highest BCUT2D eigenvalue weighted by molar-refractivity contribution is 5.68. The third-order valence-corrected chi connectivity index (χ3v) is 3.39. The predicted molar refractivity (Wildman–Crippen MR) is 81.9 cm³/mol. The van der Waals surface area contributed by atoms with Crippen molar-refractivity contribution in [2.45, 2.75) is 33.1 Å². The van der Waals surface area contributed by atoms with Gasteiger partial charge in [-0.05, 0) is 41.2 Å². The second-order valence-corrected chi connectivity index (χ2v) is 5.99. The van der Waals surface area contributed by atoms with Crippen LogP contribution >= 0.6 is 0 Å². The molecule has 2 aromatic rings. The quantitative estimate of drug-likeness (QED) is 0.735. The third kappa shape index (κ3) is 2.81. The van der Waals surface area contributed by atoms with E-state index in [0.717, 1.165) is 5.75 Å². The minimum Gasteiger partial charge on any atom is -0.496 e. The summed E-state index contributed by atoms with van der Waals surface area (Å²) in [5.41, 5.74) is 5.02. The molecule has 0 aliphatic carbocycles. The van der Waals surface area contributed by atoms with Gasteiger partial charge in [0.25, 0.3) is 0 Å². The van der Waals surface area contributed by atoms with Crippen LogP contribution in [0.15, 0.2) is 42.5 Å². The Kier molecular flexibility index (Phi) is 3.66. The molecule has 0 N–H and O–H groups in total. The Morgan fingerprint density at radius 1 is 0.895 bits per heavy atom. The molecule has 19 heavy (non-hydrogen) atoms. The summed E-state index contributed by atoms with van der Waals surface area (Å²) in [5, 5.41) is 0. The fourth-order valence-corrected chi connectivity index (χ4v) is 2.40. The van der Waals surface area contributed by atoms with Crippen LogP contribution in [-0.4, -0.2) is 7.11 Å². The first-order valence-electron chi connectivity index (χ1n) is 6.68. The van der Waals surface area contributed by atoms with Gasteiger partial charge >= 0.3 is 0 Å². The first-order valence-corrected chi connectivity index (χ1v) is 6.68. The maximum Gasteiger partial charge on any atom is 0.125 e. The lowest BCUT2D eigenvalue weighted by Crippen LogP contribution is -2.13. The minimum atomic E-state index is 0.0703. The second kappa shape index (κ2) is 5.08. The van der Waals surface area contributed by atoms with Crippen LogP contribution in [-0.2, 0) is 5.41 Å². The highest BCUT2D eigenvalue weighted by Gasteiger charge is 2.21. The lowest BCUT2D eigenvalue weighted by Gasteiger charge is -2.24. The van der Waals surface area contributed by atoms with Gasteiger partial charge in [0.1, 0.15) is 5.75 Å². The molecule has 0 heterocycles. The highest BCUT2D eigenvalue weighted by Crippen LogP contribution is 2.37. The Morgan fingerprint density at radius 3 is 2.05 bits per heavy atom. The van der Waals surface area contributed by atoms with E-state index < -0.39 is 0 Å². The lowest BCUT2D eigenvalue weighted by molar-refractivity contribution is 0.394. The molecule has 0 atom stereocenters. The molecule has 2 aromatic carbocycles. The van der Waals surface area contributed by atoms with Crippen molar-refractivity contribution in [2.24, 2.45) is 0 Å². The average Bonchev–Trinajstić information content (AvgIpc) is 2.37. The van der Waals surface area contributed by atoms with Gasteiger partial charge in [-0.15, -0.1) is 0 Å². The Balaban J connectivity index is 2.64. The van der Waals surface area contributed by atoms with Crippen LogP contribution in [0.3, 0.4) is 0 Å². The summed E-state index contributed by atoms with van der Waals surface area (Å²) >= 11 is 0. The van der Waals surface area contributed by atoms with Gasteiger partial charge in [0.15, 0.2) is 0 Å². The summed E-state index contributed by atoms with van der Waals surface area (Å²) in [5.74, 6) is 1.01. The molecule has 0 radical (unpaired) electrons. The molecule has 1 heteroatoms. The number of methoxy groups -OCH3 is 1. The van der Waals surface area contributed by atoms with Crippen molar-refractivity contribution < 1.29 is 4.74 Å². The topological polar surface area (TPSA) is 9.23 Å². The van der Waals surface area contributed by atoms with E-state index in [0.29, 0.717) is 0 Å². The van der Waals surface area contributed by atoms with Crippen molar-refractivity contribution >= 4 is 0 Å². The van der Waals surface area contributed by atoms with E-state index in [2.05, 4.69) is 64.1 Å². The minimum absolute atomic E-state index is 0.0703. The zero-order chi connectivity index (χ0) is 14.0. The van der Waals surface area contributed by atoms with E-state index in [4.69, 9.17) is 4.74 Å². The number of hydrogen-bond donors (Lipinski definition) is 0. The summed E-state index contributed by atoms with van der Waals surface area (Å²) in [4.78, 5) is 0. The fraction of sp³-hybridized carbons (Fsp3) is 0.333. The van der Waals surface area contributed by atoms with Gasteiger partial charge in [0.2, 0.25) is 0 Å². The predicted octanol–water partition coefficient (Wildman–Crippen LogP) is 4.97. The molecule has 0 bridgehead atoms. The molecule has 0 aromatic heterocycles. The zero-order valence-electron chi connectivity index (χ0n) is 12.4. The average molecular weight is 254 g/mol. The Morgan fingerprint density at radius 2 is 1.53 bits per heavy atom. The van der Waals surface area contributed by atoms with E-state index in [9.17, 15) is 0 Å². The number of benzene rings is 2. The number of hydrogen-bond acceptors (Lipinski definition) is 1. The smallest absolute Gasteiger partial charge is 0.125 e. The molecule has 0 amide bonds. The van der Waals surface area contributed by atoms with Gasteiger partial charge in [-0.25, -0.2) is 0 Å². The summed E-state index contributed by atoms with van der Waals surface area (Å²) in [7, 11) is 1.75. The van der Waals surface area contributed by atoms with Crippen molar-refractivity contribution in [3.63, 3.8) is 0 Å². The van der Waals surface area contributed by atoms with Gasteiger partial charge in [0, 0.05) is 5.56 Å². The van der Waals surface area contributed by atoms with Gasteiger partial charge in [-0.2, -0.15) is 0 Å². The number of ether oxygens (including phenoxy) is 1. The van der Waals surface area contributed by atoms with Crippen LogP contribution in [0, 0.1) is 6.92 Å². The summed E-state index contributed by atoms with van der Waals surface area (Å²) in [6.45, 7) is 8.78. The van der Waals surface area contributed by atoms with Crippen molar-refractivity contribution in [1.82, 2.24) is 0 Å². The van der Waals surface area contributed by atoms with Gasteiger partial charge < -0.3 is 4.74 Å². The molecule has 100 valence electrons. The molecule has 0 unspecified atom stereocenters. The van der Waals surface area contributed by atoms with Crippen molar-refractivity contribution in [1.29, 1.82) is 0 Å². The lowest BCUT2D eigenvalue weighted by atomic mass is 9.83. The van der Waals surface area contributed by atoms with Gasteiger partial charge in [-0.3, -0.25) is 0 Å². The summed E-state index contributed by atoms with van der Waals surface area (Å²) < 4.78 is 5.59. The van der Waals surface area contributed by atoms with Crippen LogP contribution in [0.25, 0.3) is 11.1 Å². The summed E-state index contributed by atoms with van der Waals surface area (Å²) in [6, 6.07) is 14.9. The molecular weight excluding hydrogens is 232 g/mol. The van der Waals surface area contributed by atoms with Crippen molar-refractivity contribution in [3.05, 3.63) is 53.6 Å². The SMILES string of the molecule is COc1c(C)cc(-c2ccccc2)cc1C(C)(C)C. The van der Waals surface area contributed by atoms with E-state index >= 15 is 0 Å². The van der Waals surface area contributed by atoms with E-state index in [-0.39, 0.29) is 5.41 Å². The molecule has 0 saturated carbocycles. The highest BCUT2D eigenvalue weighted by atomic mass is 16.5. The van der Waals surface area contributed by atoms with Crippen molar-refractivity contribution in [3.8, 4) is 16.9 Å². The third-order valence-electron chi connectivity index (χ3n) is 3.39. The van der Waals surface area contributed by atoms with Crippen LogP contribution < -0.4 is 4.74 Å². The van der Waals surface area contributed by atoms with Crippen LogP contribution in [0.4, 0.5) is 0 Å². The monoisotopic (exact) mass is 254 g/mol. The van der Waals surface area contributed by atoms with E-state index in [1.807, 2.05) is 6.07 Å². The van der Waals surface area contributed by atoms with Crippen LogP contribution in [0.1, 0.15) is 31.9 Å². The normalized spacial score (nSPS) is 11.4. The molecule has 2 rings (SSSR count). The maximum atomic E-state index is 5.59. The Labute approximate surface area is 116 Å². The standard InChI is InChI=1S/C18H22O/c1-13-11-15(14-9-7-6-8-10-14)12-16(17(13)19-5)18(2,3)4/h6-12H,1-5H3. The molecule has 0 spiro atoms. The molecule has 0 aliphatic heterocycles. The molecule has 0 saturated heterocycles. The molecular formula is C18H22O. The Hall–Kier alpha value is -1.76. The van der Waals surface area contributed by atoms with E-state index in [1.165, 1.54) is 22.3 Å². The zero-order valence-corrected chi connectivity index (χ0v) is 12.4. The molecule has 1 nitrogen and oxygen atoms in total.